The zero-order valence-corrected chi connectivity index (χ0v) is 11.0. The summed E-state index contributed by atoms with van der Waals surface area (Å²) in [6.45, 7) is 0. The molecule has 102 valence electrons. The number of imidazole rings is 1. The normalized spacial score (nSPS) is 20.2. The average Bonchev–Trinajstić information content (AvgIpc) is 2.97. The lowest BCUT2D eigenvalue weighted by Crippen LogP contribution is -2.31. The van der Waals surface area contributed by atoms with Gasteiger partial charge in [0.1, 0.15) is 11.4 Å². The van der Waals surface area contributed by atoms with Crippen molar-refractivity contribution in [2.24, 2.45) is 32.8 Å². The quantitative estimate of drug-likeness (QED) is 0.602. The number of thioether (sulfide) groups is 1. The molecule has 0 saturated heterocycles. The van der Waals surface area contributed by atoms with Gasteiger partial charge in [-0.25, -0.2) is 9.98 Å². The number of nitrogens with zero attached hydrogens (tertiary/aromatic N) is 7. The molecule has 2 aliphatic rings. The van der Waals surface area contributed by atoms with E-state index in [1.165, 1.54) is 12.7 Å². The summed E-state index contributed by atoms with van der Waals surface area (Å²) in [4.78, 5) is 30.3. The van der Waals surface area contributed by atoms with Crippen LogP contribution in [0.4, 0.5) is 5.82 Å². The van der Waals surface area contributed by atoms with E-state index in [0.29, 0.717) is 15.9 Å². The monoisotopic (exact) mass is 292 g/mol. The van der Waals surface area contributed by atoms with Gasteiger partial charge in [0.2, 0.25) is 12.3 Å². The Bertz CT molecular complexity index is 716. The number of rotatable bonds is 2. The highest BCUT2D eigenvalue weighted by atomic mass is 32.2. The average molecular weight is 292 g/mol. The summed E-state index contributed by atoms with van der Waals surface area (Å²) < 4.78 is 1.54. The van der Waals surface area contributed by atoms with Gasteiger partial charge in [0.25, 0.3) is 0 Å². The maximum Gasteiger partial charge on any atom is 0.396 e. The summed E-state index contributed by atoms with van der Waals surface area (Å²) in [5.41, 5.74) is 5.60. The molecule has 1 aromatic heterocycles. The Morgan fingerprint density at radius 1 is 1.50 bits per heavy atom. The minimum absolute atomic E-state index is 0.0535. The Morgan fingerprint density at radius 3 is 3.05 bits per heavy atom. The second kappa shape index (κ2) is 4.52. The van der Waals surface area contributed by atoms with Crippen molar-refractivity contribution in [1.29, 1.82) is 0 Å². The van der Waals surface area contributed by atoms with E-state index in [0.717, 1.165) is 11.8 Å². The molecule has 3 heterocycles. The van der Waals surface area contributed by atoms with Gasteiger partial charge < -0.3 is 20.4 Å². The molecule has 11 heteroatoms. The maximum absolute atomic E-state index is 10.9. The molecule has 1 unspecified atom stereocenters. The van der Waals surface area contributed by atoms with Crippen LogP contribution in [0, 0.1) is 10.1 Å². The zero-order chi connectivity index (χ0) is 14.3. The van der Waals surface area contributed by atoms with Gasteiger partial charge in [-0.1, -0.05) is 0 Å². The Labute approximate surface area is 116 Å². The summed E-state index contributed by atoms with van der Waals surface area (Å²) >= 11 is 1.09. The number of aliphatic imine (C=N–C) groups is 4. The number of hydrogen-bond donors (Lipinski definition) is 1. The molecule has 0 spiro atoms. The Morgan fingerprint density at radius 2 is 2.30 bits per heavy atom. The molecule has 20 heavy (non-hydrogen) atoms. The summed E-state index contributed by atoms with van der Waals surface area (Å²) in [6, 6.07) is -0.457. The van der Waals surface area contributed by atoms with Crippen molar-refractivity contribution >= 4 is 40.8 Å². The van der Waals surface area contributed by atoms with E-state index in [1.54, 1.807) is 11.6 Å². The van der Waals surface area contributed by atoms with Crippen LogP contribution in [0.2, 0.25) is 0 Å². The summed E-state index contributed by atoms with van der Waals surface area (Å²) in [5.74, 6) is 0.254. The van der Waals surface area contributed by atoms with Crippen molar-refractivity contribution < 1.29 is 4.92 Å². The van der Waals surface area contributed by atoms with E-state index in [2.05, 4.69) is 25.0 Å². The molecule has 0 bridgehead atoms. The molecule has 1 atom stereocenters. The second-order valence-corrected chi connectivity index (χ2v) is 4.93. The smallest absolute Gasteiger partial charge is 0.368 e. The van der Waals surface area contributed by atoms with Gasteiger partial charge in [0.15, 0.2) is 16.9 Å². The van der Waals surface area contributed by atoms with Crippen LogP contribution in [-0.4, -0.2) is 43.7 Å². The van der Waals surface area contributed by atoms with Crippen LogP contribution in [-0.2, 0) is 7.05 Å². The zero-order valence-electron chi connectivity index (χ0n) is 10.2. The highest BCUT2D eigenvalue weighted by Crippen LogP contribution is 2.31. The van der Waals surface area contributed by atoms with Gasteiger partial charge in [-0.05, 0) is 21.7 Å². The summed E-state index contributed by atoms with van der Waals surface area (Å²) in [7, 11) is 1.66. The van der Waals surface area contributed by atoms with Crippen LogP contribution in [0.1, 0.15) is 0 Å². The third-order valence-electron chi connectivity index (χ3n) is 2.58. The third-order valence-corrected chi connectivity index (χ3v) is 3.76. The Hall–Kier alpha value is -2.56. The predicted molar refractivity (Wildman–Crippen MR) is 74.5 cm³/mol. The van der Waals surface area contributed by atoms with E-state index in [-0.39, 0.29) is 11.8 Å². The predicted octanol–water partition coefficient (Wildman–Crippen LogP) is -0.0438. The number of hydrogen-bond acceptors (Lipinski definition) is 9. The van der Waals surface area contributed by atoms with Crippen LogP contribution >= 0.6 is 11.8 Å². The van der Waals surface area contributed by atoms with E-state index >= 15 is 0 Å². The first-order valence-electron chi connectivity index (χ1n) is 5.42. The molecule has 0 radical (unpaired) electrons. The molecule has 0 aliphatic carbocycles. The standard InChI is InChI=1S/C9H8N8O2S/c1-16-3-13-6(17(18)19)8(16)20-7-4-5(12-2-11-4)14-9(10)15-7/h2-4H,1H3,(H2,10,11,12,14). The van der Waals surface area contributed by atoms with Crippen LogP contribution in [0.3, 0.4) is 0 Å². The first-order valence-corrected chi connectivity index (χ1v) is 6.23. The summed E-state index contributed by atoms with van der Waals surface area (Å²) in [6.07, 6.45) is 2.74. The lowest BCUT2D eigenvalue weighted by Gasteiger charge is -2.14. The van der Waals surface area contributed by atoms with Gasteiger partial charge in [-0.3, -0.25) is 4.99 Å². The molecule has 3 rings (SSSR count). The fraction of sp³-hybridized carbons (Fsp3) is 0.222. The van der Waals surface area contributed by atoms with E-state index in [1.807, 2.05) is 0 Å². The lowest BCUT2D eigenvalue weighted by molar-refractivity contribution is -0.392. The van der Waals surface area contributed by atoms with Crippen molar-refractivity contribution in [3.63, 3.8) is 0 Å². The first-order chi connectivity index (χ1) is 9.56. The van der Waals surface area contributed by atoms with Gasteiger partial charge in [0.05, 0.1) is 0 Å². The molecule has 1 aromatic rings. The maximum atomic E-state index is 10.9. The van der Waals surface area contributed by atoms with Crippen molar-refractivity contribution in [1.82, 2.24) is 9.55 Å². The number of nitrogens with two attached hydrogens (primary N) is 1. The van der Waals surface area contributed by atoms with Gasteiger partial charge in [0, 0.05) is 7.05 Å². The van der Waals surface area contributed by atoms with Crippen LogP contribution in [0.15, 0.2) is 31.3 Å². The minimum atomic E-state index is -0.546. The number of aryl methyl sites for hydroxylation is 1. The van der Waals surface area contributed by atoms with Crippen molar-refractivity contribution in [3.8, 4) is 0 Å². The second-order valence-electron chi connectivity index (χ2n) is 3.92. The van der Waals surface area contributed by atoms with Crippen LogP contribution < -0.4 is 5.73 Å². The number of fused-ring (bicyclic) bond motifs is 1. The Kier molecular flexibility index (Phi) is 2.82. The van der Waals surface area contributed by atoms with E-state index in [4.69, 9.17) is 5.73 Å². The van der Waals surface area contributed by atoms with Crippen LogP contribution in [0.25, 0.3) is 0 Å². The molecule has 0 aromatic carbocycles. The van der Waals surface area contributed by atoms with E-state index in [9.17, 15) is 10.1 Å². The lowest BCUT2D eigenvalue weighted by atomic mass is 10.3. The molecule has 0 amide bonds. The molecule has 0 fully saturated rings. The van der Waals surface area contributed by atoms with Gasteiger partial charge in [-0.2, -0.15) is 4.99 Å². The van der Waals surface area contributed by atoms with Crippen LogP contribution in [0.5, 0.6) is 0 Å². The van der Waals surface area contributed by atoms with Gasteiger partial charge in [-0.15, -0.1) is 0 Å². The number of aromatic nitrogens is 2. The van der Waals surface area contributed by atoms with Crippen molar-refractivity contribution in [3.05, 3.63) is 16.4 Å². The van der Waals surface area contributed by atoms with Gasteiger partial charge >= 0.3 is 5.82 Å². The van der Waals surface area contributed by atoms with Crippen molar-refractivity contribution in [2.75, 3.05) is 0 Å². The minimum Gasteiger partial charge on any atom is -0.368 e. The SMILES string of the molecule is Cn1cnc([N+](=O)[O-])c1SC1=NC(N)=NC2=NC=NC21. The fourth-order valence-electron chi connectivity index (χ4n) is 1.70. The number of nitro groups is 1. The topological polar surface area (TPSA) is 136 Å². The molecular weight excluding hydrogens is 284 g/mol. The van der Waals surface area contributed by atoms with Crippen molar-refractivity contribution in [2.45, 2.75) is 11.1 Å². The molecule has 2 aliphatic heterocycles. The molecule has 2 N–H and O–H groups in total. The number of guanidine groups is 1. The third kappa shape index (κ3) is 1.97. The molecule has 0 saturated carbocycles. The Balaban J connectivity index is 1.97. The van der Waals surface area contributed by atoms with E-state index < -0.39 is 11.0 Å². The largest absolute Gasteiger partial charge is 0.396 e. The molecule has 10 nitrogen and oxygen atoms in total. The number of amidine groups is 1. The highest BCUT2D eigenvalue weighted by Gasteiger charge is 2.32. The fourth-order valence-corrected chi connectivity index (χ4v) is 2.73. The summed E-state index contributed by atoms with van der Waals surface area (Å²) in [5, 5.41) is 11.8. The first kappa shape index (κ1) is 12.5. The highest BCUT2D eigenvalue weighted by molar-refractivity contribution is 8.14. The molecular formula is C9H8N8O2S.